The fourth-order valence-electron chi connectivity index (χ4n) is 10.3. The number of aliphatic hydroxyl groups excluding tert-OH is 2. The highest BCUT2D eigenvalue weighted by Crippen LogP contribution is 2.18. The topological polar surface area (TPSA) is 95.9 Å². The van der Waals surface area contributed by atoms with E-state index >= 15 is 0 Å². The van der Waals surface area contributed by atoms with Crippen LogP contribution in [0.1, 0.15) is 367 Å². The highest BCUT2D eigenvalue weighted by Gasteiger charge is 2.20. The van der Waals surface area contributed by atoms with Crippen molar-refractivity contribution in [2.45, 2.75) is 379 Å². The number of esters is 1. The van der Waals surface area contributed by atoms with Gasteiger partial charge in [-0.2, -0.15) is 0 Å². The summed E-state index contributed by atoms with van der Waals surface area (Å²) in [5.41, 5.74) is 0. The smallest absolute Gasteiger partial charge is 0.305 e. The standard InChI is InChI=1S/C65H127NO5/c1-3-5-7-9-11-13-15-17-33-37-41-45-49-53-57-63(68)62(61-67)66-64(69)58-54-50-46-42-38-34-31-29-27-25-23-21-19-20-22-24-26-28-30-32-36-40-44-48-52-56-60-71-65(70)59-55-51-47-43-39-35-18-16-14-12-10-8-6-4-2/h19,21,62-63,67-68H,3-18,20,22-61H2,1-2H3,(H,66,69)/b21-19-. The van der Waals surface area contributed by atoms with Gasteiger partial charge in [0, 0.05) is 12.8 Å². The predicted octanol–water partition coefficient (Wildman–Crippen LogP) is 20.4. The Morgan fingerprint density at radius 1 is 0.380 bits per heavy atom. The van der Waals surface area contributed by atoms with Crippen LogP contribution in [0.3, 0.4) is 0 Å². The molecule has 0 fully saturated rings. The normalized spacial score (nSPS) is 12.6. The minimum atomic E-state index is -0.664. The Kier molecular flexibility index (Phi) is 59.9. The highest BCUT2D eigenvalue weighted by molar-refractivity contribution is 5.76. The molecule has 0 heterocycles. The fourth-order valence-corrected chi connectivity index (χ4v) is 10.3. The Morgan fingerprint density at radius 2 is 0.662 bits per heavy atom. The van der Waals surface area contributed by atoms with Crippen LogP contribution in [-0.2, 0) is 14.3 Å². The molecule has 1 amide bonds. The van der Waals surface area contributed by atoms with Crippen LogP contribution >= 0.6 is 0 Å². The van der Waals surface area contributed by atoms with Crippen molar-refractivity contribution in [3.8, 4) is 0 Å². The van der Waals surface area contributed by atoms with E-state index in [9.17, 15) is 19.8 Å². The molecule has 0 saturated carbocycles. The lowest BCUT2D eigenvalue weighted by Crippen LogP contribution is -2.45. The molecule has 0 aromatic carbocycles. The number of nitrogens with one attached hydrogen (secondary N) is 1. The molecule has 2 atom stereocenters. The zero-order chi connectivity index (χ0) is 51.4. The maximum absolute atomic E-state index is 12.5. The maximum Gasteiger partial charge on any atom is 0.305 e. The van der Waals surface area contributed by atoms with Crippen molar-refractivity contribution in [2.24, 2.45) is 0 Å². The number of amides is 1. The zero-order valence-corrected chi connectivity index (χ0v) is 48.2. The summed E-state index contributed by atoms with van der Waals surface area (Å²) < 4.78 is 5.49. The summed E-state index contributed by atoms with van der Waals surface area (Å²) in [6, 6.07) is -0.541. The van der Waals surface area contributed by atoms with E-state index in [1.54, 1.807) is 0 Å². The van der Waals surface area contributed by atoms with Crippen LogP contribution in [-0.4, -0.2) is 47.4 Å². The zero-order valence-electron chi connectivity index (χ0n) is 48.2. The largest absolute Gasteiger partial charge is 0.466 e. The van der Waals surface area contributed by atoms with Gasteiger partial charge in [-0.05, 0) is 51.4 Å². The van der Waals surface area contributed by atoms with Crippen LogP contribution in [0.2, 0.25) is 0 Å². The Labute approximate surface area is 444 Å². The Balaban J connectivity index is 3.37. The number of hydrogen-bond acceptors (Lipinski definition) is 5. The van der Waals surface area contributed by atoms with E-state index in [1.807, 2.05) is 0 Å². The first kappa shape index (κ1) is 69.6. The van der Waals surface area contributed by atoms with Crippen molar-refractivity contribution in [1.82, 2.24) is 5.32 Å². The van der Waals surface area contributed by atoms with Gasteiger partial charge >= 0.3 is 5.97 Å². The van der Waals surface area contributed by atoms with Gasteiger partial charge in [0.2, 0.25) is 5.91 Å². The monoisotopic (exact) mass is 1000 g/mol. The number of rotatable bonds is 61. The quantitative estimate of drug-likeness (QED) is 0.0320. The molecule has 0 radical (unpaired) electrons. The maximum atomic E-state index is 12.5. The molecular weight excluding hydrogens is 875 g/mol. The molecule has 0 aromatic rings. The first-order chi connectivity index (χ1) is 35.0. The van der Waals surface area contributed by atoms with Gasteiger partial charge < -0.3 is 20.3 Å². The van der Waals surface area contributed by atoms with Gasteiger partial charge in [-0.3, -0.25) is 9.59 Å². The second-order valence-electron chi connectivity index (χ2n) is 22.5. The third kappa shape index (κ3) is 57.7. The predicted molar refractivity (Wildman–Crippen MR) is 310 cm³/mol. The van der Waals surface area contributed by atoms with Crippen LogP contribution in [0.5, 0.6) is 0 Å². The minimum absolute atomic E-state index is 0.0173. The second-order valence-corrected chi connectivity index (χ2v) is 22.5. The first-order valence-corrected chi connectivity index (χ1v) is 32.4. The van der Waals surface area contributed by atoms with Crippen molar-refractivity contribution in [1.29, 1.82) is 0 Å². The Hall–Kier alpha value is -1.40. The third-order valence-electron chi connectivity index (χ3n) is 15.3. The lowest BCUT2D eigenvalue weighted by molar-refractivity contribution is -0.143. The number of carbonyl (C=O) groups is 2. The van der Waals surface area contributed by atoms with Gasteiger partial charge in [-0.1, -0.05) is 315 Å². The number of ether oxygens (including phenoxy) is 1. The molecule has 0 rings (SSSR count). The molecule has 2 unspecified atom stereocenters. The average molecular weight is 1000 g/mol. The molecular formula is C65H127NO5. The molecule has 6 nitrogen and oxygen atoms in total. The molecule has 3 N–H and O–H groups in total. The molecule has 0 saturated heterocycles. The number of allylic oxidation sites excluding steroid dienone is 2. The van der Waals surface area contributed by atoms with Gasteiger partial charge in [-0.15, -0.1) is 0 Å². The Bertz CT molecular complexity index is 1060. The van der Waals surface area contributed by atoms with Crippen molar-refractivity contribution >= 4 is 11.9 Å². The molecule has 0 aliphatic heterocycles. The van der Waals surface area contributed by atoms with Gasteiger partial charge in [0.25, 0.3) is 0 Å². The molecule has 6 heteroatoms. The van der Waals surface area contributed by atoms with Crippen molar-refractivity contribution < 1.29 is 24.5 Å². The van der Waals surface area contributed by atoms with E-state index < -0.39 is 12.1 Å². The van der Waals surface area contributed by atoms with Gasteiger partial charge in [0.05, 0.1) is 25.4 Å². The summed E-state index contributed by atoms with van der Waals surface area (Å²) >= 11 is 0. The molecule has 422 valence electrons. The van der Waals surface area contributed by atoms with Crippen LogP contribution in [0, 0.1) is 0 Å². The third-order valence-corrected chi connectivity index (χ3v) is 15.3. The Morgan fingerprint density at radius 3 is 1.00 bits per heavy atom. The number of unbranched alkanes of at least 4 members (excludes halogenated alkanes) is 48. The molecule has 0 bridgehead atoms. The number of carbonyl (C=O) groups excluding carboxylic acids is 2. The molecule has 71 heavy (non-hydrogen) atoms. The van der Waals surface area contributed by atoms with Crippen molar-refractivity contribution in [3.63, 3.8) is 0 Å². The van der Waals surface area contributed by atoms with Crippen molar-refractivity contribution in [3.05, 3.63) is 12.2 Å². The lowest BCUT2D eigenvalue weighted by atomic mass is 10.0. The molecule has 0 spiro atoms. The van der Waals surface area contributed by atoms with Gasteiger partial charge in [0.1, 0.15) is 0 Å². The van der Waals surface area contributed by atoms with Crippen LogP contribution in [0.25, 0.3) is 0 Å². The first-order valence-electron chi connectivity index (χ1n) is 32.4. The summed E-state index contributed by atoms with van der Waals surface area (Å²) in [6.07, 6.45) is 73.8. The lowest BCUT2D eigenvalue weighted by Gasteiger charge is -2.22. The molecule has 0 aliphatic carbocycles. The fraction of sp³-hybridized carbons (Fsp3) is 0.938. The summed E-state index contributed by atoms with van der Waals surface area (Å²) in [5.74, 6) is -0.0172. The van der Waals surface area contributed by atoms with Crippen LogP contribution in [0.4, 0.5) is 0 Å². The number of hydrogen-bond donors (Lipinski definition) is 3. The van der Waals surface area contributed by atoms with Gasteiger partial charge in [-0.25, -0.2) is 0 Å². The second kappa shape index (κ2) is 61.1. The molecule has 0 aromatic heterocycles. The summed E-state index contributed by atoms with van der Waals surface area (Å²) in [7, 11) is 0. The van der Waals surface area contributed by atoms with E-state index in [1.165, 1.54) is 295 Å². The summed E-state index contributed by atoms with van der Waals surface area (Å²) in [6.45, 7) is 4.98. The summed E-state index contributed by atoms with van der Waals surface area (Å²) in [4.78, 5) is 24.5. The van der Waals surface area contributed by atoms with Crippen LogP contribution in [0.15, 0.2) is 12.2 Å². The van der Waals surface area contributed by atoms with E-state index in [4.69, 9.17) is 4.74 Å². The van der Waals surface area contributed by atoms with E-state index in [0.717, 1.165) is 38.5 Å². The minimum Gasteiger partial charge on any atom is -0.466 e. The van der Waals surface area contributed by atoms with Crippen molar-refractivity contribution in [2.75, 3.05) is 13.2 Å². The van der Waals surface area contributed by atoms with E-state index in [-0.39, 0.29) is 18.5 Å². The number of aliphatic hydroxyl groups is 2. The van der Waals surface area contributed by atoms with E-state index in [0.29, 0.717) is 25.9 Å². The average Bonchev–Trinajstić information content (AvgIpc) is 3.37. The van der Waals surface area contributed by atoms with E-state index in [2.05, 4.69) is 31.3 Å². The SMILES string of the molecule is CCCCCCCCCCCCCCCCC(=O)OCCCCCCCCCCCCCC/C=C\CCCCCCCCCCCCC(=O)NC(CO)C(O)CCCCCCCCCCCCCCCC. The highest BCUT2D eigenvalue weighted by atomic mass is 16.5. The summed E-state index contributed by atoms with van der Waals surface area (Å²) in [5, 5.41) is 23.3. The van der Waals surface area contributed by atoms with Gasteiger partial charge in [0.15, 0.2) is 0 Å². The molecule has 0 aliphatic rings. The van der Waals surface area contributed by atoms with Crippen LogP contribution < -0.4 is 5.32 Å².